The molecule has 0 bridgehead atoms. The van der Waals surface area contributed by atoms with Crippen molar-refractivity contribution in [1.82, 2.24) is 9.88 Å². The van der Waals surface area contributed by atoms with Crippen molar-refractivity contribution < 1.29 is 9.47 Å². The number of nitrogens with zero attached hydrogens (tertiary/aromatic N) is 2. The van der Waals surface area contributed by atoms with E-state index in [-0.39, 0.29) is 0 Å². The molecular weight excluding hydrogens is 244 g/mol. The molecule has 1 aromatic heterocycles. The van der Waals surface area contributed by atoms with Crippen LogP contribution >= 0.6 is 0 Å². The Hall–Kier alpha value is -1.21. The van der Waals surface area contributed by atoms with Crippen LogP contribution < -0.4 is 11.3 Å². The molecule has 0 saturated carbocycles. The van der Waals surface area contributed by atoms with Crippen molar-refractivity contribution in [2.75, 3.05) is 45.9 Å². The van der Waals surface area contributed by atoms with E-state index < -0.39 is 0 Å². The van der Waals surface area contributed by atoms with Crippen LogP contribution in [0.4, 0.5) is 5.82 Å². The molecule has 108 valence electrons. The van der Waals surface area contributed by atoms with Crippen molar-refractivity contribution in [3.05, 3.63) is 23.9 Å². The summed E-state index contributed by atoms with van der Waals surface area (Å²) >= 11 is 0. The molecule has 0 unspecified atom stereocenters. The molecule has 0 aliphatic heterocycles. The van der Waals surface area contributed by atoms with Gasteiger partial charge in [-0.3, -0.25) is 4.90 Å². The van der Waals surface area contributed by atoms with Gasteiger partial charge in [0.2, 0.25) is 0 Å². The summed E-state index contributed by atoms with van der Waals surface area (Å²) in [5.74, 6) is 6.05. The van der Waals surface area contributed by atoms with Gasteiger partial charge in [-0.15, -0.1) is 0 Å². The van der Waals surface area contributed by atoms with E-state index >= 15 is 0 Å². The summed E-state index contributed by atoms with van der Waals surface area (Å²) in [6.45, 7) is 4.22. The van der Waals surface area contributed by atoms with Crippen molar-refractivity contribution in [2.45, 2.75) is 13.0 Å². The second-order valence-electron chi connectivity index (χ2n) is 4.31. The minimum atomic E-state index is 0.682. The minimum Gasteiger partial charge on any atom is -0.385 e. The van der Waals surface area contributed by atoms with Crippen molar-refractivity contribution >= 4 is 5.82 Å². The summed E-state index contributed by atoms with van der Waals surface area (Å²) in [6, 6.07) is 3.95. The van der Waals surface area contributed by atoms with Crippen LogP contribution in [0.3, 0.4) is 0 Å². The second-order valence-corrected chi connectivity index (χ2v) is 4.31. The number of nitrogens with two attached hydrogens (primary N) is 1. The molecule has 0 aliphatic rings. The normalized spacial score (nSPS) is 10.9. The average molecular weight is 268 g/mol. The molecular formula is C13H24N4O2. The Bertz CT molecular complexity index is 349. The van der Waals surface area contributed by atoms with E-state index in [1.165, 1.54) is 5.56 Å². The number of aromatic nitrogens is 1. The molecule has 0 fully saturated rings. The molecule has 1 aromatic rings. The molecule has 1 rings (SSSR count). The summed E-state index contributed by atoms with van der Waals surface area (Å²) < 4.78 is 10.2. The highest BCUT2D eigenvalue weighted by atomic mass is 16.5. The van der Waals surface area contributed by atoms with Crippen LogP contribution in [0.25, 0.3) is 0 Å². The molecule has 0 atom stereocenters. The SMILES string of the molecule is COCCCN(CCOC)Cc1ccnc(NN)c1. The fourth-order valence-electron chi connectivity index (χ4n) is 1.83. The fourth-order valence-corrected chi connectivity index (χ4v) is 1.83. The van der Waals surface area contributed by atoms with Crippen LogP contribution in [0.2, 0.25) is 0 Å². The van der Waals surface area contributed by atoms with Crippen LogP contribution in [0.1, 0.15) is 12.0 Å². The molecule has 0 aromatic carbocycles. The van der Waals surface area contributed by atoms with Crippen molar-refractivity contribution in [2.24, 2.45) is 5.84 Å². The zero-order valence-corrected chi connectivity index (χ0v) is 11.8. The topological polar surface area (TPSA) is 72.6 Å². The summed E-state index contributed by atoms with van der Waals surface area (Å²) in [5.41, 5.74) is 3.74. The maximum Gasteiger partial charge on any atom is 0.140 e. The molecule has 19 heavy (non-hydrogen) atoms. The third-order valence-corrected chi connectivity index (χ3v) is 2.81. The van der Waals surface area contributed by atoms with Gasteiger partial charge in [0.05, 0.1) is 6.61 Å². The van der Waals surface area contributed by atoms with Gasteiger partial charge in [0.25, 0.3) is 0 Å². The van der Waals surface area contributed by atoms with E-state index in [0.717, 1.165) is 39.3 Å². The van der Waals surface area contributed by atoms with Gasteiger partial charge in [-0.1, -0.05) is 0 Å². The Labute approximate surface area is 114 Å². The minimum absolute atomic E-state index is 0.682. The lowest BCUT2D eigenvalue weighted by molar-refractivity contribution is 0.129. The molecule has 1 heterocycles. The lowest BCUT2D eigenvalue weighted by Gasteiger charge is -2.22. The number of hydrogen-bond donors (Lipinski definition) is 2. The number of nitrogen functional groups attached to an aromatic ring is 1. The van der Waals surface area contributed by atoms with Gasteiger partial charge in [0.1, 0.15) is 5.82 Å². The highest BCUT2D eigenvalue weighted by molar-refractivity contribution is 5.35. The fraction of sp³-hybridized carbons (Fsp3) is 0.615. The van der Waals surface area contributed by atoms with Crippen LogP contribution in [0.5, 0.6) is 0 Å². The molecule has 0 spiro atoms. The van der Waals surface area contributed by atoms with Gasteiger partial charge in [0, 0.05) is 46.7 Å². The number of methoxy groups -OCH3 is 2. The van der Waals surface area contributed by atoms with Crippen LogP contribution in [0.15, 0.2) is 18.3 Å². The monoisotopic (exact) mass is 268 g/mol. The zero-order chi connectivity index (χ0) is 13.9. The average Bonchev–Trinajstić information content (AvgIpc) is 2.45. The molecule has 3 N–H and O–H groups in total. The van der Waals surface area contributed by atoms with Crippen LogP contribution in [-0.4, -0.2) is 50.4 Å². The van der Waals surface area contributed by atoms with Crippen molar-refractivity contribution in [3.63, 3.8) is 0 Å². The van der Waals surface area contributed by atoms with Crippen LogP contribution in [-0.2, 0) is 16.0 Å². The Morgan fingerprint density at radius 3 is 2.74 bits per heavy atom. The first-order valence-corrected chi connectivity index (χ1v) is 6.42. The van der Waals surface area contributed by atoms with E-state index in [1.54, 1.807) is 20.4 Å². The first kappa shape index (κ1) is 15.8. The second kappa shape index (κ2) is 9.69. The van der Waals surface area contributed by atoms with Gasteiger partial charge in [-0.25, -0.2) is 10.8 Å². The Kier molecular flexibility index (Phi) is 8.08. The number of nitrogens with one attached hydrogen (secondary N) is 1. The van der Waals surface area contributed by atoms with Gasteiger partial charge >= 0.3 is 0 Å². The number of hydrogen-bond acceptors (Lipinski definition) is 6. The molecule has 6 nitrogen and oxygen atoms in total. The molecule has 0 saturated heterocycles. The number of pyridine rings is 1. The first-order valence-electron chi connectivity index (χ1n) is 6.42. The van der Waals surface area contributed by atoms with Gasteiger partial charge in [-0.2, -0.15) is 0 Å². The smallest absolute Gasteiger partial charge is 0.140 e. The summed E-state index contributed by atoms with van der Waals surface area (Å²) in [4.78, 5) is 6.43. The lowest BCUT2D eigenvalue weighted by Crippen LogP contribution is -2.28. The van der Waals surface area contributed by atoms with Gasteiger partial charge in [0.15, 0.2) is 0 Å². The largest absolute Gasteiger partial charge is 0.385 e. The maximum absolute atomic E-state index is 5.37. The summed E-state index contributed by atoms with van der Waals surface area (Å²) in [5, 5.41) is 0. The van der Waals surface area contributed by atoms with E-state index in [1.807, 2.05) is 12.1 Å². The zero-order valence-electron chi connectivity index (χ0n) is 11.8. The van der Waals surface area contributed by atoms with Crippen LogP contribution in [0, 0.1) is 0 Å². The Morgan fingerprint density at radius 2 is 2.05 bits per heavy atom. The molecule has 0 aliphatic carbocycles. The Morgan fingerprint density at radius 1 is 1.26 bits per heavy atom. The maximum atomic E-state index is 5.37. The molecule has 0 radical (unpaired) electrons. The summed E-state index contributed by atoms with van der Waals surface area (Å²) in [6.07, 6.45) is 2.77. The molecule has 6 heteroatoms. The van der Waals surface area contributed by atoms with E-state index in [9.17, 15) is 0 Å². The van der Waals surface area contributed by atoms with E-state index in [2.05, 4.69) is 15.3 Å². The quantitative estimate of drug-likeness (QED) is 0.372. The lowest BCUT2D eigenvalue weighted by atomic mass is 10.2. The number of rotatable bonds is 10. The number of hydrazine groups is 1. The standard InChI is InChI=1S/C13H24N4O2/c1-18-8-3-6-17(7-9-19-2)11-12-4-5-15-13(10-12)16-14/h4-5,10H,3,6-9,11,14H2,1-2H3,(H,15,16). The summed E-state index contributed by atoms with van der Waals surface area (Å²) in [7, 11) is 3.44. The van der Waals surface area contributed by atoms with Crippen molar-refractivity contribution in [3.8, 4) is 0 Å². The van der Waals surface area contributed by atoms with E-state index in [4.69, 9.17) is 15.3 Å². The first-order chi connectivity index (χ1) is 9.30. The van der Waals surface area contributed by atoms with Crippen molar-refractivity contribution in [1.29, 1.82) is 0 Å². The number of ether oxygens (including phenoxy) is 2. The predicted molar refractivity (Wildman–Crippen MR) is 75.7 cm³/mol. The number of anilines is 1. The van der Waals surface area contributed by atoms with E-state index in [0.29, 0.717) is 5.82 Å². The highest BCUT2D eigenvalue weighted by Gasteiger charge is 2.06. The molecule has 0 amide bonds. The highest BCUT2D eigenvalue weighted by Crippen LogP contribution is 2.09. The predicted octanol–water partition coefficient (Wildman–Crippen LogP) is 0.852. The Balaban J connectivity index is 2.53. The third kappa shape index (κ3) is 6.49. The van der Waals surface area contributed by atoms with Gasteiger partial charge < -0.3 is 14.9 Å². The van der Waals surface area contributed by atoms with Gasteiger partial charge in [-0.05, 0) is 24.1 Å². The third-order valence-electron chi connectivity index (χ3n) is 2.81.